The summed E-state index contributed by atoms with van der Waals surface area (Å²) in [7, 11) is 0. The van der Waals surface area contributed by atoms with Gasteiger partial charge in [0.05, 0.1) is 0 Å². The van der Waals surface area contributed by atoms with Crippen LogP contribution in [0.3, 0.4) is 0 Å². The van der Waals surface area contributed by atoms with Crippen molar-refractivity contribution >= 4 is 21.6 Å². The molecule has 0 spiro atoms. The Morgan fingerprint density at radius 2 is 2.27 bits per heavy atom. The lowest BCUT2D eigenvalue weighted by Gasteiger charge is -2.39. The van der Waals surface area contributed by atoms with Gasteiger partial charge in [-0.25, -0.2) is 0 Å². The molecule has 0 aromatic heterocycles. The van der Waals surface area contributed by atoms with Crippen LogP contribution < -0.4 is 5.32 Å². The van der Waals surface area contributed by atoms with E-state index >= 15 is 0 Å². The van der Waals surface area contributed by atoms with Crippen molar-refractivity contribution in [2.24, 2.45) is 0 Å². The molecule has 1 aliphatic rings. The van der Waals surface area contributed by atoms with E-state index in [0.29, 0.717) is 5.92 Å². The van der Waals surface area contributed by atoms with Gasteiger partial charge >= 0.3 is 0 Å². The van der Waals surface area contributed by atoms with Crippen LogP contribution in [-0.2, 0) is 0 Å². The molecule has 1 heterocycles. The minimum Gasteiger partial charge on any atom is -0.380 e. The van der Waals surface area contributed by atoms with Gasteiger partial charge in [0.2, 0.25) is 0 Å². The highest BCUT2D eigenvalue weighted by molar-refractivity contribution is 9.10. The van der Waals surface area contributed by atoms with Gasteiger partial charge in [-0.1, -0.05) is 29.8 Å². The Kier molecular flexibility index (Phi) is 2.80. The molecule has 0 aliphatic carbocycles. The largest absolute Gasteiger partial charge is 0.380 e. The van der Waals surface area contributed by atoms with Crippen LogP contribution in [0.5, 0.6) is 0 Å². The fourth-order valence-electron chi connectivity index (χ4n) is 2.45. The predicted molar refractivity (Wildman–Crippen MR) is 69.5 cm³/mol. The molecule has 82 valence electrons. The first-order chi connectivity index (χ1) is 7.04. The van der Waals surface area contributed by atoms with Crippen LogP contribution in [0.1, 0.15) is 45.1 Å². The SMILES string of the molecule is CCC1(C)CC(C)c2cc(Br)ccc2N1. The van der Waals surface area contributed by atoms with E-state index in [9.17, 15) is 0 Å². The molecule has 0 radical (unpaired) electrons. The lowest BCUT2D eigenvalue weighted by atomic mass is 9.79. The number of anilines is 1. The van der Waals surface area contributed by atoms with Gasteiger partial charge in [0.25, 0.3) is 0 Å². The van der Waals surface area contributed by atoms with Crippen LogP contribution in [0.15, 0.2) is 22.7 Å². The molecule has 2 atom stereocenters. The van der Waals surface area contributed by atoms with E-state index in [2.05, 4.69) is 60.2 Å². The zero-order valence-corrected chi connectivity index (χ0v) is 11.2. The van der Waals surface area contributed by atoms with Gasteiger partial charge in [-0.05, 0) is 49.4 Å². The third-order valence-corrected chi connectivity index (χ3v) is 4.01. The number of fused-ring (bicyclic) bond motifs is 1. The van der Waals surface area contributed by atoms with Crippen molar-refractivity contribution in [3.8, 4) is 0 Å². The summed E-state index contributed by atoms with van der Waals surface area (Å²) in [6.07, 6.45) is 2.39. The first-order valence-electron chi connectivity index (χ1n) is 5.62. The predicted octanol–water partition coefficient (Wildman–Crippen LogP) is 4.54. The van der Waals surface area contributed by atoms with E-state index in [1.165, 1.54) is 28.6 Å². The van der Waals surface area contributed by atoms with Gasteiger partial charge in [0, 0.05) is 15.7 Å². The van der Waals surface area contributed by atoms with Crippen LogP contribution in [-0.4, -0.2) is 5.54 Å². The second kappa shape index (κ2) is 3.82. The number of hydrogen-bond acceptors (Lipinski definition) is 1. The fraction of sp³-hybridized carbons (Fsp3) is 0.538. The Hall–Kier alpha value is -0.500. The zero-order chi connectivity index (χ0) is 11.1. The Morgan fingerprint density at radius 1 is 1.53 bits per heavy atom. The van der Waals surface area contributed by atoms with Crippen molar-refractivity contribution in [2.75, 3.05) is 5.32 Å². The molecule has 1 aliphatic heterocycles. The quantitative estimate of drug-likeness (QED) is 0.788. The molecular formula is C13H18BrN. The molecule has 2 heteroatoms. The highest BCUT2D eigenvalue weighted by atomic mass is 79.9. The Bertz CT molecular complexity index is 375. The molecule has 0 saturated heterocycles. The molecule has 15 heavy (non-hydrogen) atoms. The molecule has 1 aromatic carbocycles. The van der Waals surface area contributed by atoms with Crippen LogP contribution in [0.4, 0.5) is 5.69 Å². The Balaban J connectivity index is 2.41. The van der Waals surface area contributed by atoms with Crippen molar-refractivity contribution in [3.05, 3.63) is 28.2 Å². The van der Waals surface area contributed by atoms with E-state index in [1.54, 1.807) is 0 Å². The Labute approximate surface area is 100 Å². The van der Waals surface area contributed by atoms with Crippen molar-refractivity contribution in [3.63, 3.8) is 0 Å². The normalized spacial score (nSPS) is 29.5. The van der Waals surface area contributed by atoms with Crippen LogP contribution in [0, 0.1) is 0 Å². The van der Waals surface area contributed by atoms with Crippen molar-refractivity contribution in [1.29, 1.82) is 0 Å². The number of halogens is 1. The van der Waals surface area contributed by atoms with E-state index < -0.39 is 0 Å². The number of rotatable bonds is 1. The van der Waals surface area contributed by atoms with Gasteiger partial charge in [0.1, 0.15) is 0 Å². The standard InChI is InChI=1S/C13H18BrN/c1-4-13(3)8-9(2)11-7-10(14)5-6-12(11)15-13/h5-7,9,15H,4,8H2,1-3H3. The molecule has 0 bridgehead atoms. The number of nitrogens with one attached hydrogen (secondary N) is 1. The van der Waals surface area contributed by atoms with Crippen molar-refractivity contribution in [1.82, 2.24) is 0 Å². The van der Waals surface area contributed by atoms with Gasteiger partial charge in [-0.3, -0.25) is 0 Å². The summed E-state index contributed by atoms with van der Waals surface area (Å²) in [5.74, 6) is 0.642. The zero-order valence-electron chi connectivity index (χ0n) is 9.60. The molecule has 2 rings (SSSR count). The summed E-state index contributed by atoms with van der Waals surface area (Å²) in [6, 6.07) is 6.53. The summed E-state index contributed by atoms with van der Waals surface area (Å²) in [4.78, 5) is 0. The molecule has 0 saturated carbocycles. The van der Waals surface area contributed by atoms with E-state index in [4.69, 9.17) is 0 Å². The van der Waals surface area contributed by atoms with Gasteiger partial charge in [-0.15, -0.1) is 0 Å². The first kappa shape index (κ1) is 11.0. The lowest BCUT2D eigenvalue weighted by Crippen LogP contribution is -2.39. The second-order valence-electron chi connectivity index (χ2n) is 4.88. The molecule has 2 unspecified atom stereocenters. The molecule has 1 aromatic rings. The van der Waals surface area contributed by atoms with Crippen LogP contribution in [0.25, 0.3) is 0 Å². The van der Waals surface area contributed by atoms with E-state index in [1.807, 2.05) is 0 Å². The number of benzene rings is 1. The topological polar surface area (TPSA) is 12.0 Å². The third kappa shape index (κ3) is 2.05. The summed E-state index contributed by atoms with van der Waals surface area (Å²) in [6.45, 7) is 6.89. The monoisotopic (exact) mass is 267 g/mol. The molecule has 0 amide bonds. The molecular weight excluding hydrogens is 250 g/mol. The third-order valence-electron chi connectivity index (χ3n) is 3.52. The maximum atomic E-state index is 3.66. The maximum absolute atomic E-state index is 3.66. The molecule has 1 N–H and O–H groups in total. The van der Waals surface area contributed by atoms with Crippen LogP contribution >= 0.6 is 15.9 Å². The summed E-state index contributed by atoms with van der Waals surface area (Å²) < 4.78 is 1.18. The fourth-order valence-corrected chi connectivity index (χ4v) is 2.83. The van der Waals surface area contributed by atoms with E-state index in [-0.39, 0.29) is 5.54 Å². The average Bonchev–Trinajstić information content (AvgIpc) is 2.20. The Morgan fingerprint density at radius 3 is 2.93 bits per heavy atom. The average molecular weight is 268 g/mol. The van der Waals surface area contributed by atoms with Gasteiger partial charge in [0.15, 0.2) is 0 Å². The summed E-state index contributed by atoms with van der Waals surface area (Å²) in [5, 5.41) is 3.66. The minimum absolute atomic E-state index is 0.264. The minimum atomic E-state index is 0.264. The lowest BCUT2D eigenvalue weighted by molar-refractivity contribution is 0.407. The highest BCUT2D eigenvalue weighted by Crippen LogP contribution is 2.40. The first-order valence-corrected chi connectivity index (χ1v) is 6.41. The summed E-state index contributed by atoms with van der Waals surface area (Å²) >= 11 is 3.54. The number of hydrogen-bond donors (Lipinski definition) is 1. The molecule has 0 fully saturated rings. The molecule has 1 nitrogen and oxygen atoms in total. The highest BCUT2D eigenvalue weighted by Gasteiger charge is 2.31. The summed E-state index contributed by atoms with van der Waals surface area (Å²) in [5.41, 5.74) is 3.01. The van der Waals surface area contributed by atoms with Crippen molar-refractivity contribution < 1.29 is 0 Å². The van der Waals surface area contributed by atoms with E-state index in [0.717, 1.165) is 0 Å². The van der Waals surface area contributed by atoms with Crippen molar-refractivity contribution in [2.45, 2.75) is 45.1 Å². The maximum Gasteiger partial charge on any atom is 0.0380 e. The van der Waals surface area contributed by atoms with Crippen LogP contribution in [0.2, 0.25) is 0 Å². The van der Waals surface area contributed by atoms with Gasteiger partial charge < -0.3 is 5.32 Å². The second-order valence-corrected chi connectivity index (χ2v) is 5.79. The van der Waals surface area contributed by atoms with Gasteiger partial charge in [-0.2, -0.15) is 0 Å². The smallest absolute Gasteiger partial charge is 0.0380 e.